The first-order chi connectivity index (χ1) is 14.3. The molecule has 30 heavy (non-hydrogen) atoms. The molecule has 4 rings (SSSR count). The zero-order chi connectivity index (χ0) is 21.6. The van der Waals surface area contributed by atoms with Crippen LogP contribution in [0.25, 0.3) is 33.4 Å². The first-order valence-electron chi connectivity index (χ1n) is 8.84. The molecule has 0 spiro atoms. The molecule has 0 aromatic heterocycles. The van der Waals surface area contributed by atoms with Crippen LogP contribution in [0.5, 0.6) is 5.75 Å². The van der Waals surface area contributed by atoms with E-state index in [1.807, 2.05) is 0 Å². The van der Waals surface area contributed by atoms with Crippen molar-refractivity contribution in [2.24, 2.45) is 5.73 Å². The van der Waals surface area contributed by atoms with Gasteiger partial charge in [0.1, 0.15) is 17.1 Å². The number of hydrogen-bond donors (Lipinski definition) is 4. The lowest BCUT2D eigenvalue weighted by Gasteiger charge is -2.18. The molecule has 0 fully saturated rings. The molecule has 8 nitrogen and oxygen atoms in total. The van der Waals surface area contributed by atoms with Gasteiger partial charge in [0.15, 0.2) is 5.43 Å². The third kappa shape index (κ3) is 2.96. The summed E-state index contributed by atoms with van der Waals surface area (Å²) in [6.45, 7) is -0.0738. The summed E-state index contributed by atoms with van der Waals surface area (Å²) in [7, 11) is 0. The third-order valence-electron chi connectivity index (χ3n) is 4.91. The van der Waals surface area contributed by atoms with Crippen LogP contribution in [0.1, 0.15) is 26.3 Å². The van der Waals surface area contributed by atoms with Crippen molar-refractivity contribution < 1.29 is 29.3 Å². The Morgan fingerprint density at radius 3 is 2.37 bits per heavy atom. The minimum absolute atomic E-state index is 0.0738. The molecule has 1 aliphatic carbocycles. The fraction of sp³-hybridized carbons (Fsp3) is 0.0455. The number of fused-ring (bicyclic) bond motifs is 2. The quantitative estimate of drug-likeness (QED) is 0.378. The second-order valence-corrected chi connectivity index (χ2v) is 6.65. The van der Waals surface area contributed by atoms with Gasteiger partial charge in [0, 0.05) is 29.1 Å². The fourth-order valence-corrected chi connectivity index (χ4v) is 3.54. The predicted octanol–water partition coefficient (Wildman–Crippen LogP) is 3.13. The summed E-state index contributed by atoms with van der Waals surface area (Å²) in [5.74, 6) is -2.43. The first-order valence-corrected chi connectivity index (χ1v) is 8.84. The Hall–Kier alpha value is -4.17. The lowest BCUT2D eigenvalue weighted by molar-refractivity contribution is 0.0682. The van der Waals surface area contributed by atoms with Crippen LogP contribution in [0.4, 0.5) is 0 Å². The molecule has 150 valence electrons. The van der Waals surface area contributed by atoms with Gasteiger partial charge in [0.25, 0.3) is 0 Å². The largest absolute Gasteiger partial charge is 0.507 e. The van der Waals surface area contributed by atoms with E-state index < -0.39 is 11.9 Å². The summed E-state index contributed by atoms with van der Waals surface area (Å²) in [5.41, 5.74) is 6.59. The summed E-state index contributed by atoms with van der Waals surface area (Å²) in [6.07, 6.45) is 0. The maximum absolute atomic E-state index is 11.9. The molecular weight excluding hydrogens is 390 g/mol. The van der Waals surface area contributed by atoms with Crippen LogP contribution in [-0.2, 0) is 6.54 Å². The molecule has 0 saturated carbocycles. The third-order valence-corrected chi connectivity index (χ3v) is 4.91. The number of carboxylic acid groups (broad SMARTS) is 2. The Bertz CT molecular complexity index is 1370. The molecular formula is C22H15NO7. The maximum atomic E-state index is 11.9. The molecule has 1 aliphatic heterocycles. The normalized spacial score (nSPS) is 11.1. The average Bonchev–Trinajstić information content (AvgIpc) is 2.71. The van der Waals surface area contributed by atoms with E-state index in [-0.39, 0.29) is 51.3 Å². The standard InChI is InChI=1S/C22H15NO7/c23-9-16-17(25)6-5-14-19(13-4-2-11(24)8-18(13)30-20(14)16)15-7-10(21(26)27)1-3-12(15)22(28)29/h1-8,25H,9,23H2,(H,26,27)(H,28,29). The summed E-state index contributed by atoms with van der Waals surface area (Å²) in [4.78, 5) is 35.3. The van der Waals surface area contributed by atoms with Gasteiger partial charge in [-0.2, -0.15) is 0 Å². The molecule has 0 saturated heterocycles. The van der Waals surface area contributed by atoms with Crippen LogP contribution in [0, 0.1) is 0 Å². The number of phenolic OH excluding ortho intramolecular Hbond substituents is 1. The monoisotopic (exact) mass is 405 g/mol. The molecule has 0 unspecified atom stereocenters. The fourth-order valence-electron chi connectivity index (χ4n) is 3.54. The van der Waals surface area contributed by atoms with E-state index in [1.165, 1.54) is 48.5 Å². The number of hydrogen-bond acceptors (Lipinski definition) is 6. The minimum Gasteiger partial charge on any atom is -0.507 e. The van der Waals surface area contributed by atoms with Gasteiger partial charge in [-0.1, -0.05) is 0 Å². The number of nitrogens with two attached hydrogens (primary N) is 1. The van der Waals surface area contributed by atoms with E-state index in [2.05, 4.69) is 0 Å². The second kappa shape index (κ2) is 7.02. The Morgan fingerprint density at radius 1 is 0.933 bits per heavy atom. The van der Waals surface area contributed by atoms with Gasteiger partial charge in [-0.05, 0) is 48.0 Å². The number of phenols is 1. The highest BCUT2D eigenvalue weighted by atomic mass is 16.4. The van der Waals surface area contributed by atoms with Gasteiger partial charge in [-0.25, -0.2) is 9.59 Å². The van der Waals surface area contributed by atoms with E-state index in [4.69, 9.17) is 10.2 Å². The van der Waals surface area contributed by atoms with E-state index >= 15 is 0 Å². The van der Waals surface area contributed by atoms with Crippen molar-refractivity contribution in [3.63, 3.8) is 0 Å². The van der Waals surface area contributed by atoms with E-state index in [0.29, 0.717) is 16.5 Å². The minimum atomic E-state index is -1.25. The van der Waals surface area contributed by atoms with Crippen molar-refractivity contribution >= 4 is 22.9 Å². The predicted molar refractivity (Wildman–Crippen MR) is 108 cm³/mol. The highest BCUT2D eigenvalue weighted by Gasteiger charge is 2.24. The molecule has 1 heterocycles. The number of benzene rings is 3. The lowest BCUT2D eigenvalue weighted by Crippen LogP contribution is -2.06. The zero-order valence-corrected chi connectivity index (χ0v) is 15.4. The summed E-state index contributed by atoms with van der Waals surface area (Å²) < 4.78 is 5.87. The van der Waals surface area contributed by atoms with Crippen LogP contribution in [-0.4, -0.2) is 27.3 Å². The van der Waals surface area contributed by atoms with Crippen LogP contribution < -0.4 is 11.2 Å². The zero-order valence-electron chi connectivity index (χ0n) is 15.4. The Labute approximate surface area is 168 Å². The Morgan fingerprint density at radius 2 is 1.70 bits per heavy atom. The summed E-state index contributed by atoms with van der Waals surface area (Å²) in [6, 6.07) is 10.7. The van der Waals surface area contributed by atoms with Gasteiger partial charge in [-0.15, -0.1) is 0 Å². The van der Waals surface area contributed by atoms with Crippen LogP contribution in [0.2, 0.25) is 0 Å². The molecule has 2 aromatic rings. The van der Waals surface area contributed by atoms with Crippen molar-refractivity contribution in [3.8, 4) is 28.2 Å². The smallest absolute Gasteiger partial charge is 0.336 e. The lowest BCUT2D eigenvalue weighted by atomic mass is 9.89. The molecule has 0 amide bonds. The Balaban J connectivity index is 2.26. The number of aromatic carboxylic acids is 2. The number of carboxylic acids is 2. The van der Waals surface area contributed by atoms with Gasteiger partial charge in [-0.3, -0.25) is 4.79 Å². The first kappa shape index (κ1) is 19.2. The van der Waals surface area contributed by atoms with E-state index in [9.17, 15) is 29.7 Å². The topological polar surface area (TPSA) is 151 Å². The molecule has 0 atom stereocenters. The summed E-state index contributed by atoms with van der Waals surface area (Å²) in [5, 5.41) is 29.7. The van der Waals surface area contributed by atoms with Gasteiger partial charge >= 0.3 is 11.9 Å². The number of carbonyl (C=O) groups is 2. The summed E-state index contributed by atoms with van der Waals surface area (Å²) >= 11 is 0. The molecule has 0 bridgehead atoms. The van der Waals surface area contributed by atoms with Crippen molar-refractivity contribution in [3.05, 3.63) is 75.4 Å². The van der Waals surface area contributed by atoms with Gasteiger partial charge < -0.3 is 25.5 Å². The van der Waals surface area contributed by atoms with Gasteiger partial charge in [0.05, 0.1) is 16.7 Å². The van der Waals surface area contributed by atoms with Crippen LogP contribution >= 0.6 is 0 Å². The van der Waals surface area contributed by atoms with E-state index in [0.717, 1.165) is 0 Å². The van der Waals surface area contributed by atoms with Crippen LogP contribution in [0.3, 0.4) is 0 Å². The van der Waals surface area contributed by atoms with Crippen molar-refractivity contribution in [2.45, 2.75) is 6.54 Å². The molecule has 0 radical (unpaired) electrons. The number of aromatic hydroxyl groups is 1. The number of rotatable bonds is 4. The van der Waals surface area contributed by atoms with Gasteiger partial charge in [0.2, 0.25) is 0 Å². The highest BCUT2D eigenvalue weighted by molar-refractivity contribution is 6.09. The molecule has 2 aromatic carbocycles. The average molecular weight is 405 g/mol. The SMILES string of the molecule is NCc1c(O)ccc2c(-c3cc(C(=O)O)ccc3C(=O)O)c3ccc(=O)cc-3oc12. The molecule has 5 N–H and O–H groups in total. The molecule has 2 aliphatic rings. The van der Waals surface area contributed by atoms with Crippen molar-refractivity contribution in [2.75, 3.05) is 0 Å². The van der Waals surface area contributed by atoms with E-state index in [1.54, 1.807) is 0 Å². The maximum Gasteiger partial charge on any atom is 0.336 e. The second-order valence-electron chi connectivity index (χ2n) is 6.65. The van der Waals surface area contributed by atoms with Crippen molar-refractivity contribution in [1.29, 1.82) is 0 Å². The molecule has 8 heteroatoms. The Kier molecular flexibility index (Phi) is 4.48. The van der Waals surface area contributed by atoms with Crippen molar-refractivity contribution in [1.82, 2.24) is 0 Å². The highest BCUT2D eigenvalue weighted by Crippen LogP contribution is 2.43. The van der Waals surface area contributed by atoms with Crippen LogP contribution in [0.15, 0.2) is 57.7 Å².